The number of nitrogens with one attached hydrogen (secondary N) is 1. The minimum atomic E-state index is -0.536. The van der Waals surface area contributed by atoms with Crippen LogP contribution in [0.3, 0.4) is 0 Å². The number of carbonyl (C=O) groups is 3. The van der Waals surface area contributed by atoms with Gasteiger partial charge in [-0.1, -0.05) is 35.9 Å². The van der Waals surface area contributed by atoms with Crippen LogP contribution >= 0.6 is 11.6 Å². The molecule has 6 heteroatoms. The quantitative estimate of drug-likeness (QED) is 0.660. The van der Waals surface area contributed by atoms with Crippen molar-refractivity contribution in [3.63, 3.8) is 0 Å². The molecule has 3 fully saturated rings. The summed E-state index contributed by atoms with van der Waals surface area (Å²) < 4.78 is 0. The smallest absolute Gasteiger partial charge is 0.271 e. The van der Waals surface area contributed by atoms with Crippen LogP contribution in [0.2, 0.25) is 5.02 Å². The molecule has 2 bridgehead atoms. The first-order chi connectivity index (χ1) is 11.6. The molecule has 1 aromatic carbocycles. The zero-order chi connectivity index (χ0) is 16.6. The van der Waals surface area contributed by atoms with Gasteiger partial charge >= 0.3 is 0 Å². The van der Waals surface area contributed by atoms with Crippen LogP contribution in [0.5, 0.6) is 0 Å². The maximum absolute atomic E-state index is 12.8. The number of hydrogen-bond donors (Lipinski definition) is 1. The molecule has 1 heterocycles. The van der Waals surface area contributed by atoms with Crippen molar-refractivity contribution >= 4 is 29.3 Å². The van der Waals surface area contributed by atoms with Gasteiger partial charge in [0.2, 0.25) is 0 Å². The maximum atomic E-state index is 12.8. The lowest BCUT2D eigenvalue weighted by molar-refractivity contribution is -0.143. The molecule has 4 aliphatic carbocycles. The zero-order valence-corrected chi connectivity index (χ0v) is 13.4. The van der Waals surface area contributed by atoms with E-state index in [9.17, 15) is 14.4 Å². The molecule has 6 atom stereocenters. The Bertz CT molecular complexity index is 784. The van der Waals surface area contributed by atoms with Gasteiger partial charge < -0.3 is 0 Å². The average molecular weight is 343 g/mol. The normalized spacial score (nSPS) is 38.1. The van der Waals surface area contributed by atoms with Crippen LogP contribution in [-0.4, -0.2) is 22.7 Å². The fraction of sp³-hybridized carbons (Fsp3) is 0.389. The second kappa shape index (κ2) is 4.70. The van der Waals surface area contributed by atoms with E-state index in [-0.39, 0.29) is 46.1 Å². The maximum Gasteiger partial charge on any atom is 0.271 e. The SMILES string of the molecule is O=C(NN1C(=O)[C@@H]2[C@H]3C=C[C@@H]([C@@H]4C[C@H]34)[C@@H]2C1=O)c1ccccc1Cl. The minimum Gasteiger partial charge on any atom is -0.272 e. The van der Waals surface area contributed by atoms with Crippen molar-refractivity contribution in [1.29, 1.82) is 0 Å². The molecule has 5 nitrogen and oxygen atoms in total. The molecule has 0 radical (unpaired) electrons. The predicted molar refractivity (Wildman–Crippen MR) is 85.5 cm³/mol. The van der Waals surface area contributed by atoms with Gasteiger partial charge in [0.15, 0.2) is 0 Å². The van der Waals surface area contributed by atoms with Crippen LogP contribution < -0.4 is 5.43 Å². The van der Waals surface area contributed by atoms with Crippen molar-refractivity contribution in [2.24, 2.45) is 35.5 Å². The molecule has 0 unspecified atom stereocenters. The molecule has 0 aromatic heterocycles. The summed E-state index contributed by atoms with van der Waals surface area (Å²) in [6.07, 6.45) is 5.32. The highest BCUT2D eigenvalue weighted by atomic mass is 35.5. The summed E-state index contributed by atoms with van der Waals surface area (Å²) in [6, 6.07) is 6.57. The van der Waals surface area contributed by atoms with E-state index in [1.807, 2.05) is 0 Å². The van der Waals surface area contributed by atoms with Crippen molar-refractivity contribution in [2.75, 3.05) is 0 Å². The summed E-state index contributed by atoms with van der Waals surface area (Å²) >= 11 is 6.02. The van der Waals surface area contributed by atoms with Crippen molar-refractivity contribution < 1.29 is 14.4 Å². The number of imide groups is 1. The highest BCUT2D eigenvalue weighted by Gasteiger charge is 2.67. The molecule has 1 saturated heterocycles. The van der Waals surface area contributed by atoms with Gasteiger partial charge in [0, 0.05) is 0 Å². The van der Waals surface area contributed by atoms with Gasteiger partial charge in [-0.25, -0.2) is 0 Å². The number of rotatable bonds is 2. The first-order valence-corrected chi connectivity index (χ1v) is 8.57. The Kier molecular flexibility index (Phi) is 2.78. The molecular formula is C18H15ClN2O3. The van der Waals surface area contributed by atoms with Gasteiger partial charge in [0.25, 0.3) is 17.7 Å². The van der Waals surface area contributed by atoms with Gasteiger partial charge in [0.1, 0.15) is 0 Å². The Balaban J connectivity index is 1.43. The number of allylic oxidation sites excluding steroid dienone is 2. The molecule has 1 N–H and O–H groups in total. The Morgan fingerprint density at radius 1 is 1.04 bits per heavy atom. The minimum absolute atomic E-state index is 0.142. The Morgan fingerprint density at radius 2 is 1.62 bits per heavy atom. The number of carbonyl (C=O) groups excluding carboxylic acids is 3. The molecule has 1 aliphatic heterocycles. The lowest BCUT2D eigenvalue weighted by Crippen LogP contribution is -2.47. The summed E-state index contributed by atoms with van der Waals surface area (Å²) in [6.45, 7) is 0. The first-order valence-electron chi connectivity index (χ1n) is 8.19. The molecule has 3 amide bonds. The largest absolute Gasteiger partial charge is 0.272 e. The fourth-order valence-electron chi connectivity index (χ4n) is 4.87. The standard InChI is InChI=1S/C18H15ClN2O3/c19-13-4-2-1-3-10(13)16(22)20-21-17(23)14-8-5-6-9(12-7-11(8)12)15(14)18(21)24/h1-6,8-9,11-12,14-15H,7H2,(H,20,22)/t8-,9-,11-,12+,14-,15+/m0/s1. The average Bonchev–Trinajstić information content (AvgIpc) is 3.36. The van der Waals surface area contributed by atoms with Crippen LogP contribution in [0.4, 0.5) is 0 Å². The molecule has 5 aliphatic rings. The van der Waals surface area contributed by atoms with Gasteiger partial charge in [0.05, 0.1) is 22.4 Å². The summed E-state index contributed by atoms with van der Waals surface area (Å²) in [5.41, 5.74) is 2.72. The summed E-state index contributed by atoms with van der Waals surface area (Å²) in [7, 11) is 0. The van der Waals surface area contributed by atoms with Gasteiger partial charge in [-0.15, -0.1) is 0 Å². The predicted octanol–water partition coefficient (Wildman–Crippen LogP) is 2.04. The van der Waals surface area contributed by atoms with E-state index < -0.39 is 5.91 Å². The number of benzene rings is 1. The van der Waals surface area contributed by atoms with E-state index >= 15 is 0 Å². The molecule has 2 saturated carbocycles. The highest BCUT2D eigenvalue weighted by molar-refractivity contribution is 6.33. The van der Waals surface area contributed by atoms with Gasteiger partial charge in [-0.3, -0.25) is 19.8 Å². The number of amides is 3. The van der Waals surface area contributed by atoms with Crippen molar-refractivity contribution in [2.45, 2.75) is 6.42 Å². The van der Waals surface area contributed by atoms with E-state index in [1.54, 1.807) is 24.3 Å². The second-order valence-electron chi connectivity index (χ2n) is 7.09. The monoisotopic (exact) mass is 342 g/mol. The number of hydrogen-bond acceptors (Lipinski definition) is 3. The Labute approximate surface area is 143 Å². The van der Waals surface area contributed by atoms with Crippen molar-refractivity contribution in [3.05, 3.63) is 47.0 Å². The van der Waals surface area contributed by atoms with Crippen LogP contribution in [0.25, 0.3) is 0 Å². The summed E-state index contributed by atoms with van der Waals surface area (Å²) in [5.74, 6) is -0.371. The van der Waals surface area contributed by atoms with Crippen molar-refractivity contribution in [1.82, 2.24) is 10.4 Å². The van der Waals surface area contributed by atoms with E-state index in [2.05, 4.69) is 17.6 Å². The van der Waals surface area contributed by atoms with Crippen LogP contribution in [-0.2, 0) is 9.59 Å². The molecule has 122 valence electrons. The topological polar surface area (TPSA) is 66.5 Å². The number of nitrogens with zero attached hydrogens (tertiary/aromatic N) is 1. The summed E-state index contributed by atoms with van der Waals surface area (Å²) in [5, 5.41) is 1.22. The summed E-state index contributed by atoms with van der Waals surface area (Å²) in [4.78, 5) is 38.0. The van der Waals surface area contributed by atoms with Gasteiger partial charge in [-0.05, 0) is 42.2 Å². The Morgan fingerprint density at radius 3 is 2.21 bits per heavy atom. The van der Waals surface area contributed by atoms with Crippen LogP contribution in [0.1, 0.15) is 16.8 Å². The zero-order valence-electron chi connectivity index (χ0n) is 12.7. The highest BCUT2D eigenvalue weighted by Crippen LogP contribution is 2.65. The third-order valence-electron chi connectivity index (χ3n) is 5.99. The molecular weight excluding hydrogens is 328 g/mol. The fourth-order valence-corrected chi connectivity index (χ4v) is 5.10. The van der Waals surface area contributed by atoms with E-state index in [0.717, 1.165) is 11.4 Å². The molecule has 1 aromatic rings. The van der Waals surface area contributed by atoms with Crippen molar-refractivity contribution in [3.8, 4) is 0 Å². The van der Waals surface area contributed by atoms with E-state index in [1.165, 1.54) is 0 Å². The molecule has 24 heavy (non-hydrogen) atoms. The van der Waals surface area contributed by atoms with Crippen LogP contribution in [0, 0.1) is 35.5 Å². The van der Waals surface area contributed by atoms with E-state index in [0.29, 0.717) is 11.8 Å². The lowest BCUT2D eigenvalue weighted by Gasteiger charge is -2.37. The number of halogens is 1. The Hall–Kier alpha value is -2.14. The van der Waals surface area contributed by atoms with Crippen LogP contribution in [0.15, 0.2) is 36.4 Å². The second-order valence-corrected chi connectivity index (χ2v) is 7.49. The first kappa shape index (κ1) is 14.2. The molecule has 0 spiro atoms. The third kappa shape index (κ3) is 1.73. The lowest BCUT2D eigenvalue weighted by atomic mass is 9.63. The van der Waals surface area contributed by atoms with E-state index in [4.69, 9.17) is 11.6 Å². The molecule has 6 rings (SSSR count). The van der Waals surface area contributed by atoms with Gasteiger partial charge in [-0.2, -0.15) is 5.01 Å². The third-order valence-corrected chi connectivity index (χ3v) is 6.32. The number of hydrazine groups is 1.